The largest absolute Gasteiger partial charge is 0.331 e. The van der Waals surface area contributed by atoms with Gasteiger partial charge < -0.3 is 0 Å². The highest BCUT2D eigenvalue weighted by Gasteiger charge is 2.36. The molecule has 4 aromatic rings. The number of benzene rings is 4. The second kappa shape index (κ2) is 13.6. The van der Waals surface area contributed by atoms with Crippen LogP contribution in [0.15, 0.2) is 89.4 Å². The standard InChI is InChI=1S/C41H42O6S2/c1-24-17-27(4)37(28(5)18-24)22-32-13-15-34(20-25(32)2)40(36-11-9-10-12-39(36)48(42,43)44)35-16-14-33(26(3)21-35)23-38-29(6)19-30(7)41(31(38)8)49(45,46)47/h9-21H,22-23H2,1-8H3,(H-,42,43,44,45,46,47)/p+1. The van der Waals surface area contributed by atoms with Crippen LogP contribution in [0.3, 0.4) is 0 Å². The van der Waals surface area contributed by atoms with Gasteiger partial charge in [0.25, 0.3) is 10.1 Å². The first-order valence-corrected chi connectivity index (χ1v) is 19.0. The summed E-state index contributed by atoms with van der Waals surface area (Å²) in [7, 11) is -8.95. The Morgan fingerprint density at radius 2 is 1.12 bits per heavy atom. The third-order valence-electron chi connectivity index (χ3n) is 9.59. The van der Waals surface area contributed by atoms with Gasteiger partial charge in [0.1, 0.15) is 5.57 Å². The Bertz CT molecular complexity index is 2280. The highest BCUT2D eigenvalue weighted by molar-refractivity contribution is 7.89. The van der Waals surface area contributed by atoms with E-state index < -0.39 is 20.2 Å². The van der Waals surface area contributed by atoms with Crippen LogP contribution in [0.4, 0.5) is 0 Å². The first-order valence-electron chi connectivity index (χ1n) is 16.1. The van der Waals surface area contributed by atoms with Gasteiger partial charge >= 0.3 is 10.1 Å². The monoisotopic (exact) mass is 695 g/mol. The molecule has 0 bridgehead atoms. The van der Waals surface area contributed by atoms with Gasteiger partial charge in [0.05, 0.1) is 10.5 Å². The molecular formula is C41H43O6S2+. The minimum Gasteiger partial charge on any atom is -0.282 e. The van der Waals surface area contributed by atoms with Crippen molar-refractivity contribution in [3.63, 3.8) is 0 Å². The Balaban J connectivity index is 1.63. The maximum absolute atomic E-state index is 12.6. The van der Waals surface area contributed by atoms with Crippen LogP contribution in [0.5, 0.6) is 0 Å². The van der Waals surface area contributed by atoms with Gasteiger partial charge in [0, 0.05) is 35.4 Å². The molecule has 0 radical (unpaired) electrons. The molecule has 0 heterocycles. The summed E-state index contributed by atoms with van der Waals surface area (Å²) in [4.78, 5) is -0.0636. The number of hydrogen-bond acceptors (Lipinski definition) is 4. The van der Waals surface area contributed by atoms with E-state index in [2.05, 4.69) is 52.0 Å². The predicted molar refractivity (Wildman–Crippen MR) is 198 cm³/mol. The van der Waals surface area contributed by atoms with Gasteiger partial charge in [-0.1, -0.05) is 35.9 Å². The van der Waals surface area contributed by atoms with Crippen LogP contribution in [0.25, 0.3) is 5.57 Å². The molecule has 0 aromatic heterocycles. The zero-order valence-electron chi connectivity index (χ0n) is 29.3. The van der Waals surface area contributed by atoms with E-state index >= 15 is 0 Å². The van der Waals surface area contributed by atoms with Crippen molar-refractivity contribution in [2.24, 2.45) is 0 Å². The summed E-state index contributed by atoms with van der Waals surface area (Å²) in [5, 5.41) is -0.178. The lowest BCUT2D eigenvalue weighted by Gasteiger charge is -2.18. The molecule has 5 rings (SSSR count). The van der Waals surface area contributed by atoms with Crippen LogP contribution in [0, 0.1) is 60.6 Å². The molecule has 49 heavy (non-hydrogen) atoms. The minimum absolute atomic E-state index is 0.0636. The van der Waals surface area contributed by atoms with E-state index in [0.29, 0.717) is 28.7 Å². The quantitative estimate of drug-likeness (QED) is 0.141. The van der Waals surface area contributed by atoms with Crippen molar-refractivity contribution >= 4 is 25.8 Å². The molecule has 0 saturated carbocycles. The van der Waals surface area contributed by atoms with E-state index in [0.717, 1.165) is 45.4 Å². The lowest BCUT2D eigenvalue weighted by atomic mass is 9.85. The first kappa shape index (κ1) is 36.1. The van der Waals surface area contributed by atoms with Crippen LogP contribution in [0.1, 0.15) is 77.9 Å². The van der Waals surface area contributed by atoms with Gasteiger partial charge in [-0.05, 0) is 154 Å². The average molecular weight is 696 g/mol. The van der Waals surface area contributed by atoms with Crippen LogP contribution < -0.4 is 0 Å². The summed E-state index contributed by atoms with van der Waals surface area (Å²) in [6.45, 7) is 15.7. The number of rotatable bonds is 8. The Morgan fingerprint density at radius 1 is 0.612 bits per heavy atom. The molecule has 0 fully saturated rings. The van der Waals surface area contributed by atoms with Crippen molar-refractivity contribution < 1.29 is 25.9 Å². The molecule has 0 atom stereocenters. The van der Waals surface area contributed by atoms with Gasteiger partial charge in [-0.2, -0.15) is 16.8 Å². The molecule has 6 nitrogen and oxygen atoms in total. The topological polar surface area (TPSA) is 109 Å². The third-order valence-corrected chi connectivity index (χ3v) is 11.6. The molecule has 0 unspecified atom stereocenters. The first-order chi connectivity index (χ1) is 22.9. The maximum Gasteiger partial charge on any atom is 0.331 e. The second-order valence-corrected chi connectivity index (χ2v) is 16.0. The molecular weight excluding hydrogens is 653 g/mol. The van der Waals surface area contributed by atoms with Crippen molar-refractivity contribution in [1.29, 1.82) is 0 Å². The van der Waals surface area contributed by atoms with E-state index in [9.17, 15) is 25.9 Å². The normalized spacial score (nSPS) is 14.4. The predicted octanol–water partition coefficient (Wildman–Crippen LogP) is 8.93. The van der Waals surface area contributed by atoms with Crippen molar-refractivity contribution in [3.05, 3.63) is 168 Å². The molecule has 254 valence electrons. The summed E-state index contributed by atoms with van der Waals surface area (Å²) in [6, 6.07) is 18.3. The summed E-state index contributed by atoms with van der Waals surface area (Å²) >= 11 is 0. The fourth-order valence-electron chi connectivity index (χ4n) is 7.22. The van der Waals surface area contributed by atoms with E-state index in [4.69, 9.17) is 0 Å². The summed E-state index contributed by atoms with van der Waals surface area (Å²) in [5.74, 6) is 0. The van der Waals surface area contributed by atoms with Crippen molar-refractivity contribution in [1.82, 2.24) is 0 Å². The number of aryl methyl sites for hydroxylation is 7. The summed E-state index contributed by atoms with van der Waals surface area (Å²) < 4.78 is 69.9. The summed E-state index contributed by atoms with van der Waals surface area (Å²) in [6.07, 6.45) is 7.67. The number of allylic oxidation sites excluding steroid dienone is 3. The van der Waals surface area contributed by atoms with Crippen molar-refractivity contribution in [3.8, 4) is 0 Å². The summed E-state index contributed by atoms with van der Waals surface area (Å²) in [5.41, 5.74) is 14.5. The fraction of sp³-hybridized carbons (Fsp3) is 0.244. The van der Waals surface area contributed by atoms with Crippen molar-refractivity contribution in [2.75, 3.05) is 0 Å². The Labute approximate surface area is 291 Å². The number of hydrogen-bond donors (Lipinski definition) is 2. The molecule has 8 heteroatoms. The van der Waals surface area contributed by atoms with Gasteiger partial charge in [0.2, 0.25) is 0 Å². The molecule has 0 spiro atoms. The highest BCUT2D eigenvalue weighted by atomic mass is 32.2. The highest BCUT2D eigenvalue weighted by Crippen LogP contribution is 2.39. The second-order valence-electron chi connectivity index (χ2n) is 13.3. The maximum atomic E-state index is 12.6. The van der Waals surface area contributed by atoms with Crippen LogP contribution in [-0.2, 0) is 33.1 Å². The van der Waals surface area contributed by atoms with Gasteiger partial charge in [0.15, 0.2) is 5.25 Å². The third kappa shape index (κ3) is 7.53. The molecule has 2 N–H and O–H groups in total. The zero-order chi connectivity index (χ0) is 36.0. The molecule has 0 amide bonds. The van der Waals surface area contributed by atoms with E-state index in [1.54, 1.807) is 38.1 Å². The van der Waals surface area contributed by atoms with Gasteiger partial charge in [-0.15, -0.1) is 0 Å². The molecule has 0 saturated heterocycles. The van der Waals surface area contributed by atoms with Crippen LogP contribution in [0.2, 0.25) is 0 Å². The van der Waals surface area contributed by atoms with Crippen molar-refractivity contribution in [2.45, 2.75) is 73.1 Å². The Morgan fingerprint density at radius 3 is 1.61 bits per heavy atom. The average Bonchev–Trinajstić information content (AvgIpc) is 2.98. The molecule has 0 aliphatic heterocycles. The smallest absolute Gasteiger partial charge is 0.282 e. The van der Waals surface area contributed by atoms with Crippen LogP contribution >= 0.6 is 0 Å². The van der Waals surface area contributed by atoms with E-state index in [-0.39, 0.29) is 10.1 Å². The fourth-order valence-corrected chi connectivity index (χ4v) is 8.89. The SMILES string of the molecule is Cc1cc(C)c(Cc2ccc(C(=C3C=CC=C[C+]3S(=O)(=O)O)c3ccc(Cc4c(C)cc(C)c(S(=O)(=O)O)c4C)c(C)c3)cc2C)c(C)c1. The van der Waals surface area contributed by atoms with E-state index in [1.807, 2.05) is 38.1 Å². The Hall–Kier alpha value is -4.21. The molecule has 4 aromatic carbocycles. The molecule has 1 aliphatic rings. The van der Waals surface area contributed by atoms with Gasteiger partial charge in [-0.3, -0.25) is 9.11 Å². The zero-order valence-corrected chi connectivity index (χ0v) is 30.9. The molecule has 1 aliphatic carbocycles. The van der Waals surface area contributed by atoms with Gasteiger partial charge in [-0.25, -0.2) is 0 Å². The van der Waals surface area contributed by atoms with E-state index in [1.165, 1.54) is 33.9 Å². The lowest BCUT2D eigenvalue weighted by Crippen LogP contribution is -2.14. The lowest BCUT2D eigenvalue weighted by molar-refractivity contribution is 0.481. The van der Waals surface area contributed by atoms with Crippen LogP contribution in [-0.4, -0.2) is 25.9 Å². The minimum atomic E-state index is -4.55. The Kier molecular flexibility index (Phi) is 10.0.